The van der Waals surface area contributed by atoms with Gasteiger partial charge in [0, 0.05) is 18.9 Å². The first-order valence-electron chi connectivity index (χ1n) is 6.23. The summed E-state index contributed by atoms with van der Waals surface area (Å²) in [6, 6.07) is 9.09. The molecule has 102 valence electrons. The van der Waals surface area contributed by atoms with E-state index in [0.717, 1.165) is 12.8 Å². The number of anilines is 1. The van der Waals surface area contributed by atoms with Crippen molar-refractivity contribution >= 4 is 15.7 Å². The average molecular weight is 279 g/mol. The largest absolute Gasteiger partial charge is 0.334 e. The lowest BCUT2D eigenvalue weighted by Gasteiger charge is -2.22. The van der Waals surface area contributed by atoms with E-state index < -0.39 is 10.0 Å². The third-order valence-electron chi connectivity index (χ3n) is 2.77. The average Bonchev–Trinajstić information content (AvgIpc) is 2.95. The molecule has 2 aromatic rings. The van der Waals surface area contributed by atoms with Gasteiger partial charge in [-0.1, -0.05) is 31.5 Å². The lowest BCUT2D eigenvalue weighted by Crippen LogP contribution is -2.32. The number of H-pyrrole nitrogens is 1. The Labute approximate surface area is 113 Å². The lowest BCUT2D eigenvalue weighted by atomic mass is 10.3. The van der Waals surface area contributed by atoms with Gasteiger partial charge in [0.25, 0.3) is 10.0 Å². The van der Waals surface area contributed by atoms with Gasteiger partial charge in [0.15, 0.2) is 0 Å². The number of benzene rings is 1. The summed E-state index contributed by atoms with van der Waals surface area (Å²) in [7, 11) is -3.62. The number of rotatable bonds is 6. The minimum atomic E-state index is -3.62. The number of imidazole rings is 1. The number of unbranched alkanes of at least 4 members (excludes halogenated alkanes) is 1. The van der Waals surface area contributed by atoms with Crippen LogP contribution in [0.2, 0.25) is 0 Å². The molecule has 0 atom stereocenters. The molecule has 0 spiro atoms. The van der Waals surface area contributed by atoms with Crippen LogP contribution in [0.4, 0.5) is 5.69 Å². The van der Waals surface area contributed by atoms with Crippen LogP contribution in [-0.4, -0.2) is 24.9 Å². The Hall–Kier alpha value is -1.82. The van der Waals surface area contributed by atoms with Crippen LogP contribution in [0.3, 0.4) is 0 Å². The molecule has 0 aliphatic carbocycles. The highest BCUT2D eigenvalue weighted by atomic mass is 32.2. The Morgan fingerprint density at radius 1 is 1.26 bits per heavy atom. The molecule has 0 bridgehead atoms. The third kappa shape index (κ3) is 2.96. The molecule has 0 aliphatic heterocycles. The first kappa shape index (κ1) is 13.6. The van der Waals surface area contributed by atoms with Gasteiger partial charge in [-0.05, 0) is 18.6 Å². The summed E-state index contributed by atoms with van der Waals surface area (Å²) in [6.45, 7) is 2.48. The Morgan fingerprint density at radius 2 is 2.00 bits per heavy atom. The van der Waals surface area contributed by atoms with Crippen LogP contribution in [0.5, 0.6) is 0 Å². The number of nitrogens with one attached hydrogen (secondary N) is 1. The fraction of sp³-hybridized carbons (Fsp3) is 0.308. The van der Waals surface area contributed by atoms with Gasteiger partial charge in [-0.25, -0.2) is 4.98 Å². The molecule has 1 N–H and O–H groups in total. The number of aromatic amines is 1. The molecule has 0 amide bonds. The first-order valence-corrected chi connectivity index (χ1v) is 7.67. The predicted octanol–water partition coefficient (Wildman–Crippen LogP) is 2.41. The fourth-order valence-electron chi connectivity index (χ4n) is 1.78. The molecular formula is C13H17N3O2S. The van der Waals surface area contributed by atoms with E-state index >= 15 is 0 Å². The van der Waals surface area contributed by atoms with E-state index in [9.17, 15) is 8.42 Å². The second kappa shape index (κ2) is 5.88. The van der Waals surface area contributed by atoms with Gasteiger partial charge in [-0.3, -0.25) is 4.31 Å². The molecule has 1 heterocycles. The summed E-state index contributed by atoms with van der Waals surface area (Å²) < 4.78 is 26.5. The van der Waals surface area contributed by atoms with E-state index in [4.69, 9.17) is 0 Å². The topological polar surface area (TPSA) is 66.1 Å². The summed E-state index contributed by atoms with van der Waals surface area (Å²) in [5.41, 5.74) is 0.660. The highest BCUT2D eigenvalue weighted by Crippen LogP contribution is 2.21. The summed E-state index contributed by atoms with van der Waals surface area (Å²) >= 11 is 0. The van der Waals surface area contributed by atoms with Gasteiger partial charge in [0.2, 0.25) is 5.16 Å². The number of hydrogen-bond donors (Lipinski definition) is 1. The number of nitrogens with zero attached hydrogens (tertiary/aromatic N) is 2. The SMILES string of the molecule is CCCCN(c1ccccc1)S(=O)(=O)c1ncc[nH]1. The highest BCUT2D eigenvalue weighted by molar-refractivity contribution is 7.92. The molecule has 5 nitrogen and oxygen atoms in total. The standard InChI is InChI=1S/C13H17N3O2S/c1-2-3-11-16(12-7-5-4-6-8-12)19(17,18)13-14-9-10-15-13/h4-10H,2-3,11H2,1H3,(H,14,15). The Kier molecular flexibility index (Phi) is 4.21. The number of hydrogen-bond acceptors (Lipinski definition) is 3. The van der Waals surface area contributed by atoms with Crippen molar-refractivity contribution in [3.05, 3.63) is 42.7 Å². The summed E-state index contributed by atoms with van der Waals surface area (Å²) in [6.07, 6.45) is 4.68. The molecule has 2 rings (SSSR count). The molecule has 1 aromatic carbocycles. The maximum atomic E-state index is 12.5. The zero-order valence-corrected chi connectivity index (χ0v) is 11.6. The zero-order valence-electron chi connectivity index (χ0n) is 10.8. The summed E-state index contributed by atoms with van der Waals surface area (Å²) in [4.78, 5) is 6.52. The Bertz CT molecular complexity index is 594. The van der Waals surface area contributed by atoms with Crippen molar-refractivity contribution in [3.63, 3.8) is 0 Å². The maximum Gasteiger partial charge on any atom is 0.298 e. The van der Waals surface area contributed by atoms with Crippen molar-refractivity contribution < 1.29 is 8.42 Å². The highest BCUT2D eigenvalue weighted by Gasteiger charge is 2.26. The molecule has 0 fully saturated rings. The minimum absolute atomic E-state index is 0.0209. The first-order chi connectivity index (χ1) is 9.16. The van der Waals surface area contributed by atoms with E-state index in [0.29, 0.717) is 12.2 Å². The molecule has 0 aliphatic rings. The number of sulfonamides is 1. The third-order valence-corrected chi connectivity index (χ3v) is 4.45. The molecule has 19 heavy (non-hydrogen) atoms. The lowest BCUT2D eigenvalue weighted by molar-refractivity contribution is 0.581. The van der Waals surface area contributed by atoms with Gasteiger partial charge in [-0.2, -0.15) is 8.42 Å². The number of para-hydroxylation sites is 1. The monoisotopic (exact) mass is 279 g/mol. The van der Waals surface area contributed by atoms with Gasteiger partial charge in [-0.15, -0.1) is 0 Å². The summed E-state index contributed by atoms with van der Waals surface area (Å²) in [5.74, 6) is 0. The van der Waals surface area contributed by atoms with E-state index in [2.05, 4.69) is 9.97 Å². The van der Waals surface area contributed by atoms with Crippen LogP contribution in [0.15, 0.2) is 47.9 Å². The maximum absolute atomic E-state index is 12.5. The van der Waals surface area contributed by atoms with E-state index in [-0.39, 0.29) is 5.16 Å². The number of aromatic nitrogens is 2. The Morgan fingerprint density at radius 3 is 2.58 bits per heavy atom. The fourth-order valence-corrected chi connectivity index (χ4v) is 3.17. The Balaban J connectivity index is 2.38. The van der Waals surface area contributed by atoms with Crippen LogP contribution in [0.1, 0.15) is 19.8 Å². The zero-order chi connectivity index (χ0) is 13.7. The van der Waals surface area contributed by atoms with Crippen LogP contribution >= 0.6 is 0 Å². The van der Waals surface area contributed by atoms with Crippen LogP contribution in [-0.2, 0) is 10.0 Å². The summed E-state index contributed by atoms with van der Waals surface area (Å²) in [5, 5.41) is -0.0209. The van der Waals surface area contributed by atoms with Crippen LogP contribution < -0.4 is 4.31 Å². The molecule has 0 saturated carbocycles. The van der Waals surface area contributed by atoms with Crippen molar-refractivity contribution in [1.29, 1.82) is 0 Å². The van der Waals surface area contributed by atoms with Crippen LogP contribution in [0.25, 0.3) is 0 Å². The second-order valence-corrected chi connectivity index (χ2v) is 5.94. The molecule has 0 radical (unpaired) electrons. The van der Waals surface area contributed by atoms with Crippen molar-refractivity contribution in [2.75, 3.05) is 10.8 Å². The van der Waals surface area contributed by atoms with Gasteiger partial charge >= 0.3 is 0 Å². The smallest absolute Gasteiger partial charge is 0.298 e. The van der Waals surface area contributed by atoms with Gasteiger partial charge < -0.3 is 4.98 Å². The van der Waals surface area contributed by atoms with E-state index in [1.807, 2.05) is 25.1 Å². The molecule has 0 saturated heterocycles. The molecular weight excluding hydrogens is 262 g/mol. The normalized spacial score (nSPS) is 11.4. The molecule has 6 heteroatoms. The van der Waals surface area contributed by atoms with Crippen molar-refractivity contribution in [3.8, 4) is 0 Å². The molecule has 0 unspecified atom stereocenters. The molecule has 1 aromatic heterocycles. The van der Waals surface area contributed by atoms with Crippen molar-refractivity contribution in [1.82, 2.24) is 9.97 Å². The van der Waals surface area contributed by atoms with E-state index in [1.54, 1.807) is 12.1 Å². The predicted molar refractivity (Wildman–Crippen MR) is 74.5 cm³/mol. The van der Waals surface area contributed by atoms with Gasteiger partial charge in [0.05, 0.1) is 5.69 Å². The van der Waals surface area contributed by atoms with E-state index in [1.165, 1.54) is 16.7 Å². The van der Waals surface area contributed by atoms with Crippen molar-refractivity contribution in [2.45, 2.75) is 24.9 Å². The van der Waals surface area contributed by atoms with Gasteiger partial charge in [0.1, 0.15) is 0 Å². The van der Waals surface area contributed by atoms with Crippen LogP contribution in [0, 0.1) is 0 Å². The van der Waals surface area contributed by atoms with Crippen molar-refractivity contribution in [2.24, 2.45) is 0 Å². The quantitative estimate of drug-likeness (QED) is 0.883. The second-order valence-electron chi connectivity index (χ2n) is 4.16. The minimum Gasteiger partial charge on any atom is -0.334 e.